The van der Waals surface area contributed by atoms with E-state index in [0.29, 0.717) is 25.0 Å². The number of carbonyl (C=O) groups excluding carboxylic acids is 1. The molecule has 0 aliphatic heterocycles. The summed E-state index contributed by atoms with van der Waals surface area (Å²) in [6, 6.07) is 0.903. The Hall–Kier alpha value is -1.72. The second kappa shape index (κ2) is 4.51. The third kappa shape index (κ3) is 1.81. The van der Waals surface area contributed by atoms with E-state index < -0.39 is 34.3 Å². The van der Waals surface area contributed by atoms with Crippen molar-refractivity contribution in [3.8, 4) is 0 Å². The molecule has 1 unspecified atom stereocenters. The van der Waals surface area contributed by atoms with Gasteiger partial charge in [0, 0.05) is 18.6 Å². The molecule has 0 spiro atoms. The molecule has 1 aromatic rings. The molecule has 0 N–H and O–H groups in total. The van der Waals surface area contributed by atoms with Crippen molar-refractivity contribution in [2.45, 2.75) is 31.2 Å². The molecular weight excluding hydrogens is 247 g/mol. The van der Waals surface area contributed by atoms with Gasteiger partial charge in [0.15, 0.2) is 11.3 Å². The standard InChI is InChI=1S/C12H10F3NO2/c13-7-5-8(14)11(9(15)6-7)12(16-18)4-2-1-3-10(12)17/h5-6H,1-4H2. The lowest BCUT2D eigenvalue weighted by Crippen LogP contribution is -2.38. The molecule has 2 rings (SSSR count). The molecule has 0 heterocycles. The third-order valence-corrected chi connectivity index (χ3v) is 3.23. The van der Waals surface area contributed by atoms with Gasteiger partial charge in [-0.1, -0.05) is 5.18 Å². The van der Waals surface area contributed by atoms with Gasteiger partial charge >= 0.3 is 0 Å². The quantitative estimate of drug-likeness (QED) is 0.764. The van der Waals surface area contributed by atoms with Gasteiger partial charge in [-0.05, 0) is 19.3 Å². The Morgan fingerprint density at radius 2 is 1.72 bits per heavy atom. The number of Topliss-reactive ketones (excluding diaryl/α,β-unsaturated/α-hetero) is 1. The molecule has 1 aromatic carbocycles. The predicted molar refractivity (Wildman–Crippen MR) is 57.3 cm³/mol. The number of benzene rings is 1. The zero-order chi connectivity index (χ0) is 13.3. The second-order valence-corrected chi connectivity index (χ2v) is 4.33. The summed E-state index contributed by atoms with van der Waals surface area (Å²) in [6.45, 7) is 0. The molecule has 1 aliphatic carbocycles. The number of halogens is 3. The minimum atomic E-state index is -2.04. The van der Waals surface area contributed by atoms with Crippen LogP contribution < -0.4 is 0 Å². The largest absolute Gasteiger partial charge is 0.296 e. The van der Waals surface area contributed by atoms with Crippen LogP contribution in [-0.4, -0.2) is 5.78 Å². The first-order valence-corrected chi connectivity index (χ1v) is 5.54. The van der Waals surface area contributed by atoms with Crippen molar-refractivity contribution in [3.05, 3.63) is 40.1 Å². The number of hydrogen-bond acceptors (Lipinski definition) is 3. The molecule has 0 saturated heterocycles. The normalized spacial score (nSPS) is 24.1. The highest BCUT2D eigenvalue weighted by Gasteiger charge is 2.47. The van der Waals surface area contributed by atoms with E-state index in [1.165, 1.54) is 0 Å². The predicted octanol–water partition coefficient (Wildman–Crippen LogP) is 3.21. The first-order valence-electron chi connectivity index (χ1n) is 5.54. The lowest BCUT2D eigenvalue weighted by Gasteiger charge is -2.29. The van der Waals surface area contributed by atoms with Gasteiger partial charge in [-0.15, -0.1) is 4.91 Å². The number of nitroso groups, excluding NO2 is 1. The highest BCUT2D eigenvalue weighted by atomic mass is 19.1. The number of nitrogens with zero attached hydrogens (tertiary/aromatic N) is 1. The average Bonchev–Trinajstić information content (AvgIpc) is 2.30. The summed E-state index contributed by atoms with van der Waals surface area (Å²) in [5.41, 5.74) is -2.77. The first kappa shape index (κ1) is 12.7. The maximum Gasteiger partial charge on any atom is 0.191 e. The Morgan fingerprint density at radius 3 is 2.22 bits per heavy atom. The van der Waals surface area contributed by atoms with Gasteiger partial charge in [-0.25, -0.2) is 13.2 Å². The Balaban J connectivity index is 2.64. The van der Waals surface area contributed by atoms with Crippen LogP contribution in [0.15, 0.2) is 17.3 Å². The fraction of sp³-hybridized carbons (Fsp3) is 0.417. The van der Waals surface area contributed by atoms with Crippen LogP contribution in [0.3, 0.4) is 0 Å². The monoisotopic (exact) mass is 257 g/mol. The fourth-order valence-corrected chi connectivity index (χ4v) is 2.36. The van der Waals surface area contributed by atoms with Gasteiger partial charge in [0.05, 0.1) is 5.56 Å². The van der Waals surface area contributed by atoms with E-state index in [0.717, 1.165) is 0 Å². The molecule has 96 valence electrons. The van der Waals surface area contributed by atoms with Crippen LogP contribution in [-0.2, 0) is 10.3 Å². The van der Waals surface area contributed by atoms with Crippen molar-refractivity contribution in [2.75, 3.05) is 0 Å². The lowest BCUT2D eigenvalue weighted by molar-refractivity contribution is -0.126. The zero-order valence-corrected chi connectivity index (χ0v) is 9.38. The highest BCUT2D eigenvalue weighted by Crippen LogP contribution is 2.40. The molecule has 1 atom stereocenters. The number of hydrogen-bond donors (Lipinski definition) is 0. The molecule has 3 nitrogen and oxygen atoms in total. The van der Waals surface area contributed by atoms with Gasteiger partial charge in [0.2, 0.25) is 0 Å². The van der Waals surface area contributed by atoms with Crippen LogP contribution in [0, 0.1) is 22.4 Å². The Bertz CT molecular complexity index is 495. The zero-order valence-electron chi connectivity index (χ0n) is 9.38. The molecule has 1 saturated carbocycles. The first-order chi connectivity index (χ1) is 8.51. The van der Waals surface area contributed by atoms with Crippen molar-refractivity contribution in [1.29, 1.82) is 0 Å². The number of ketones is 1. The van der Waals surface area contributed by atoms with Crippen molar-refractivity contribution in [3.63, 3.8) is 0 Å². The van der Waals surface area contributed by atoms with E-state index in [9.17, 15) is 22.9 Å². The average molecular weight is 257 g/mol. The minimum Gasteiger partial charge on any atom is -0.296 e. The van der Waals surface area contributed by atoms with Crippen molar-refractivity contribution in [2.24, 2.45) is 5.18 Å². The number of carbonyl (C=O) groups is 1. The number of rotatable bonds is 2. The molecule has 6 heteroatoms. The smallest absolute Gasteiger partial charge is 0.191 e. The summed E-state index contributed by atoms with van der Waals surface area (Å²) in [7, 11) is 0. The molecule has 0 radical (unpaired) electrons. The van der Waals surface area contributed by atoms with E-state index in [2.05, 4.69) is 5.18 Å². The van der Waals surface area contributed by atoms with Crippen molar-refractivity contribution in [1.82, 2.24) is 0 Å². The van der Waals surface area contributed by atoms with Gasteiger partial charge in [-0.3, -0.25) is 4.79 Å². The molecule has 0 amide bonds. The lowest BCUT2D eigenvalue weighted by atomic mass is 9.76. The van der Waals surface area contributed by atoms with E-state index >= 15 is 0 Å². The van der Waals surface area contributed by atoms with Crippen LogP contribution in [0.2, 0.25) is 0 Å². The van der Waals surface area contributed by atoms with E-state index in [1.807, 2.05) is 0 Å². The topological polar surface area (TPSA) is 46.5 Å². The second-order valence-electron chi connectivity index (χ2n) is 4.33. The highest BCUT2D eigenvalue weighted by molar-refractivity contribution is 5.90. The Labute approximate surface area is 101 Å². The van der Waals surface area contributed by atoms with Crippen LogP contribution >= 0.6 is 0 Å². The van der Waals surface area contributed by atoms with Gasteiger partial charge in [0.25, 0.3) is 0 Å². The SMILES string of the molecule is O=NC1(c2c(F)cc(F)cc2F)CCCCC1=O. The molecule has 18 heavy (non-hydrogen) atoms. The third-order valence-electron chi connectivity index (χ3n) is 3.23. The molecular formula is C12H10F3NO2. The minimum absolute atomic E-state index is 0.0436. The van der Waals surface area contributed by atoms with Crippen molar-refractivity contribution < 1.29 is 18.0 Å². The van der Waals surface area contributed by atoms with E-state index in [-0.39, 0.29) is 12.8 Å². The maximum atomic E-state index is 13.7. The van der Waals surface area contributed by atoms with Crippen LogP contribution in [0.1, 0.15) is 31.2 Å². The van der Waals surface area contributed by atoms with Crippen molar-refractivity contribution >= 4 is 5.78 Å². The summed E-state index contributed by atoms with van der Waals surface area (Å²) in [4.78, 5) is 22.8. The van der Waals surface area contributed by atoms with Gasteiger partial charge in [0.1, 0.15) is 17.5 Å². The molecule has 1 fully saturated rings. The fourth-order valence-electron chi connectivity index (χ4n) is 2.36. The molecule has 0 bridgehead atoms. The summed E-state index contributed by atoms with van der Waals surface area (Å²) >= 11 is 0. The molecule has 0 aromatic heterocycles. The Kier molecular flexibility index (Phi) is 3.19. The van der Waals surface area contributed by atoms with E-state index in [1.54, 1.807) is 0 Å². The summed E-state index contributed by atoms with van der Waals surface area (Å²) < 4.78 is 40.2. The van der Waals surface area contributed by atoms with Crippen LogP contribution in [0.25, 0.3) is 0 Å². The Morgan fingerprint density at radius 1 is 1.11 bits per heavy atom. The van der Waals surface area contributed by atoms with Gasteiger partial charge < -0.3 is 0 Å². The van der Waals surface area contributed by atoms with Crippen LogP contribution in [0.5, 0.6) is 0 Å². The maximum absolute atomic E-state index is 13.7. The van der Waals surface area contributed by atoms with E-state index in [4.69, 9.17) is 0 Å². The summed E-state index contributed by atoms with van der Waals surface area (Å²) in [5.74, 6) is -4.21. The van der Waals surface area contributed by atoms with Crippen LogP contribution in [0.4, 0.5) is 13.2 Å². The summed E-state index contributed by atoms with van der Waals surface area (Å²) in [5, 5.41) is 2.68. The van der Waals surface area contributed by atoms with Gasteiger partial charge in [-0.2, -0.15) is 0 Å². The summed E-state index contributed by atoms with van der Waals surface area (Å²) in [6.07, 6.45) is 1.02. The molecule has 1 aliphatic rings.